The predicted octanol–water partition coefficient (Wildman–Crippen LogP) is 7.01. The molecule has 170 valence electrons. The van der Waals surface area contributed by atoms with Gasteiger partial charge in [0.1, 0.15) is 5.00 Å². The Balaban J connectivity index is 1.76. The third-order valence-corrected chi connectivity index (χ3v) is 7.15. The standard InChI is InChI=1S/C24H40N2O2S2/c1-3-5-6-7-8-9-10-11-15-18-25-24(29)26-22-21(23(27)28-4-2)19-16-13-12-14-17-20(19)30-22/h3-18H2,1-2H3,(H2,25,26,29). The summed E-state index contributed by atoms with van der Waals surface area (Å²) in [5, 5.41) is 8.07. The third-order valence-electron chi connectivity index (χ3n) is 5.69. The van der Waals surface area contributed by atoms with Crippen molar-refractivity contribution in [2.45, 2.75) is 104 Å². The number of esters is 1. The van der Waals surface area contributed by atoms with Crippen LogP contribution in [0.2, 0.25) is 0 Å². The van der Waals surface area contributed by atoms with Crippen LogP contribution in [0.1, 0.15) is 112 Å². The molecule has 1 aromatic heterocycles. The number of nitrogens with one attached hydrogen (secondary N) is 2. The third kappa shape index (κ3) is 8.54. The first kappa shape index (κ1) is 25.1. The molecule has 30 heavy (non-hydrogen) atoms. The van der Waals surface area contributed by atoms with E-state index >= 15 is 0 Å². The molecule has 0 saturated carbocycles. The fraction of sp³-hybridized carbons (Fsp3) is 0.750. The van der Waals surface area contributed by atoms with E-state index in [2.05, 4.69) is 17.6 Å². The number of rotatable bonds is 13. The van der Waals surface area contributed by atoms with E-state index in [1.165, 1.54) is 74.6 Å². The van der Waals surface area contributed by atoms with Crippen LogP contribution < -0.4 is 10.6 Å². The number of aryl methyl sites for hydroxylation is 1. The second-order valence-electron chi connectivity index (χ2n) is 8.20. The van der Waals surface area contributed by atoms with Gasteiger partial charge in [-0.1, -0.05) is 64.7 Å². The van der Waals surface area contributed by atoms with Crippen LogP contribution >= 0.6 is 23.6 Å². The van der Waals surface area contributed by atoms with Crippen LogP contribution in [-0.2, 0) is 17.6 Å². The quantitative estimate of drug-likeness (QED) is 0.146. The van der Waals surface area contributed by atoms with Crippen LogP contribution in [0.15, 0.2) is 0 Å². The molecular formula is C24H40N2O2S2. The van der Waals surface area contributed by atoms with Crippen molar-refractivity contribution in [1.82, 2.24) is 5.32 Å². The summed E-state index contributed by atoms with van der Waals surface area (Å²) in [7, 11) is 0. The van der Waals surface area contributed by atoms with Crippen molar-refractivity contribution < 1.29 is 9.53 Å². The molecular weight excluding hydrogens is 412 g/mol. The fourth-order valence-electron chi connectivity index (χ4n) is 4.03. The Bertz CT molecular complexity index is 658. The van der Waals surface area contributed by atoms with Crippen LogP contribution in [-0.4, -0.2) is 24.2 Å². The Kier molecular flexibility index (Phi) is 12.4. The van der Waals surface area contributed by atoms with Gasteiger partial charge >= 0.3 is 5.97 Å². The van der Waals surface area contributed by atoms with Gasteiger partial charge in [-0.2, -0.15) is 0 Å². The zero-order valence-corrected chi connectivity index (χ0v) is 20.6. The van der Waals surface area contributed by atoms with E-state index in [9.17, 15) is 4.79 Å². The van der Waals surface area contributed by atoms with E-state index in [0.29, 0.717) is 17.3 Å². The van der Waals surface area contributed by atoms with Crippen molar-refractivity contribution in [3.05, 3.63) is 16.0 Å². The Hall–Kier alpha value is -1.14. The molecule has 0 radical (unpaired) electrons. The summed E-state index contributed by atoms with van der Waals surface area (Å²) >= 11 is 7.18. The van der Waals surface area contributed by atoms with Gasteiger partial charge < -0.3 is 15.4 Å². The Morgan fingerprint density at radius 2 is 1.63 bits per heavy atom. The number of carbonyl (C=O) groups is 1. The van der Waals surface area contributed by atoms with Crippen LogP contribution in [0.4, 0.5) is 5.00 Å². The maximum atomic E-state index is 12.6. The lowest BCUT2D eigenvalue weighted by atomic mass is 10.1. The van der Waals surface area contributed by atoms with Crippen molar-refractivity contribution in [3.8, 4) is 0 Å². The summed E-state index contributed by atoms with van der Waals surface area (Å²) in [5.41, 5.74) is 1.89. The minimum Gasteiger partial charge on any atom is -0.462 e. The minimum absolute atomic E-state index is 0.221. The monoisotopic (exact) mass is 452 g/mol. The molecule has 4 nitrogen and oxygen atoms in total. The van der Waals surface area contributed by atoms with E-state index in [-0.39, 0.29) is 5.97 Å². The van der Waals surface area contributed by atoms with Gasteiger partial charge in [0, 0.05) is 11.4 Å². The second-order valence-corrected chi connectivity index (χ2v) is 9.71. The van der Waals surface area contributed by atoms with Gasteiger partial charge in [0.05, 0.1) is 12.2 Å². The summed E-state index contributed by atoms with van der Waals surface area (Å²) in [4.78, 5) is 13.9. The van der Waals surface area contributed by atoms with Crippen molar-refractivity contribution in [2.75, 3.05) is 18.5 Å². The Morgan fingerprint density at radius 3 is 2.33 bits per heavy atom. The lowest BCUT2D eigenvalue weighted by molar-refractivity contribution is 0.0527. The largest absolute Gasteiger partial charge is 0.462 e. The molecule has 1 aliphatic rings. The van der Waals surface area contributed by atoms with Crippen molar-refractivity contribution in [2.24, 2.45) is 0 Å². The molecule has 0 aromatic carbocycles. The normalized spacial score (nSPS) is 13.4. The van der Waals surface area contributed by atoms with Crippen LogP contribution in [0.3, 0.4) is 0 Å². The molecule has 0 unspecified atom stereocenters. The molecule has 2 rings (SSSR count). The molecule has 0 aliphatic heterocycles. The highest BCUT2D eigenvalue weighted by Gasteiger charge is 2.26. The van der Waals surface area contributed by atoms with E-state index in [4.69, 9.17) is 17.0 Å². The average molecular weight is 453 g/mol. The Morgan fingerprint density at radius 1 is 0.967 bits per heavy atom. The minimum atomic E-state index is -0.221. The molecule has 0 fully saturated rings. The number of thiocarbonyl (C=S) groups is 1. The first-order chi connectivity index (χ1) is 14.7. The molecule has 0 spiro atoms. The van der Waals surface area contributed by atoms with Gasteiger partial charge in [-0.25, -0.2) is 4.79 Å². The summed E-state index contributed by atoms with van der Waals surface area (Å²) < 4.78 is 5.35. The molecule has 0 atom stereocenters. The second kappa shape index (κ2) is 14.8. The van der Waals surface area contributed by atoms with Crippen molar-refractivity contribution in [3.63, 3.8) is 0 Å². The number of ether oxygens (including phenoxy) is 1. The number of carbonyl (C=O) groups excluding carboxylic acids is 1. The molecule has 1 heterocycles. The summed E-state index contributed by atoms with van der Waals surface area (Å²) in [6.45, 7) is 5.39. The maximum absolute atomic E-state index is 12.6. The average Bonchev–Trinajstić information content (AvgIpc) is 2.90. The van der Waals surface area contributed by atoms with E-state index in [1.54, 1.807) is 11.3 Å². The topological polar surface area (TPSA) is 50.4 Å². The SMILES string of the molecule is CCCCCCCCCCCNC(=S)Nc1sc2c(c1C(=O)OCC)CCCCC2. The zero-order valence-electron chi connectivity index (χ0n) is 18.9. The van der Waals surface area contributed by atoms with Crippen LogP contribution in [0, 0.1) is 0 Å². The highest BCUT2D eigenvalue weighted by molar-refractivity contribution is 7.80. The number of unbranched alkanes of at least 4 members (excludes halogenated alkanes) is 8. The molecule has 6 heteroatoms. The number of anilines is 1. The maximum Gasteiger partial charge on any atom is 0.341 e. The summed E-state index contributed by atoms with van der Waals surface area (Å²) in [6, 6.07) is 0. The molecule has 2 N–H and O–H groups in total. The predicted molar refractivity (Wildman–Crippen MR) is 133 cm³/mol. The lowest BCUT2D eigenvalue weighted by Crippen LogP contribution is -2.29. The molecule has 1 aliphatic carbocycles. The van der Waals surface area contributed by atoms with E-state index in [1.807, 2.05) is 6.92 Å². The molecule has 0 bridgehead atoms. The molecule has 0 amide bonds. The van der Waals surface area contributed by atoms with Crippen molar-refractivity contribution >= 4 is 39.6 Å². The van der Waals surface area contributed by atoms with Crippen LogP contribution in [0.25, 0.3) is 0 Å². The number of hydrogen-bond acceptors (Lipinski definition) is 4. The first-order valence-electron chi connectivity index (χ1n) is 12.0. The highest BCUT2D eigenvalue weighted by Crippen LogP contribution is 2.38. The van der Waals surface area contributed by atoms with Gasteiger partial charge in [-0.05, 0) is 56.8 Å². The van der Waals surface area contributed by atoms with Gasteiger partial charge in [0.2, 0.25) is 0 Å². The zero-order chi connectivity index (χ0) is 21.6. The lowest BCUT2D eigenvalue weighted by Gasteiger charge is -2.11. The first-order valence-corrected chi connectivity index (χ1v) is 13.3. The number of thiophene rings is 1. The van der Waals surface area contributed by atoms with E-state index in [0.717, 1.165) is 37.2 Å². The highest BCUT2D eigenvalue weighted by atomic mass is 32.1. The van der Waals surface area contributed by atoms with E-state index < -0.39 is 0 Å². The van der Waals surface area contributed by atoms with Crippen LogP contribution in [0.5, 0.6) is 0 Å². The van der Waals surface area contributed by atoms with Gasteiger partial charge in [0.25, 0.3) is 0 Å². The molecule has 1 aromatic rings. The summed E-state index contributed by atoms with van der Waals surface area (Å²) in [5.74, 6) is -0.221. The number of fused-ring (bicyclic) bond motifs is 1. The van der Waals surface area contributed by atoms with Gasteiger partial charge in [-0.3, -0.25) is 0 Å². The van der Waals surface area contributed by atoms with Gasteiger partial charge in [-0.15, -0.1) is 11.3 Å². The smallest absolute Gasteiger partial charge is 0.341 e. The summed E-state index contributed by atoms with van der Waals surface area (Å²) in [6.07, 6.45) is 17.4. The number of hydrogen-bond donors (Lipinski definition) is 2. The van der Waals surface area contributed by atoms with Gasteiger partial charge in [0.15, 0.2) is 5.11 Å². The fourth-order valence-corrected chi connectivity index (χ4v) is 5.59. The van der Waals surface area contributed by atoms with Crippen molar-refractivity contribution in [1.29, 1.82) is 0 Å². The molecule has 0 saturated heterocycles. The Labute approximate surface area is 192 Å².